The number of rotatable bonds is 4. The lowest BCUT2D eigenvalue weighted by Gasteiger charge is -2.18. The van der Waals surface area contributed by atoms with Crippen LogP contribution in [0.3, 0.4) is 0 Å². The summed E-state index contributed by atoms with van der Waals surface area (Å²) >= 11 is 1.61. The first kappa shape index (κ1) is 19.3. The van der Waals surface area contributed by atoms with E-state index in [1.54, 1.807) is 16.2 Å². The molecular weight excluding hydrogens is 382 g/mol. The first-order valence-corrected chi connectivity index (χ1v) is 10.5. The molecule has 0 aliphatic carbocycles. The molecule has 6 heteroatoms. The van der Waals surface area contributed by atoms with Gasteiger partial charge >= 0.3 is 0 Å². The molecule has 3 aromatic rings. The van der Waals surface area contributed by atoms with Crippen LogP contribution >= 0.6 is 11.3 Å². The highest BCUT2D eigenvalue weighted by atomic mass is 32.1. The largest absolute Gasteiger partial charge is 0.326 e. The average molecular weight is 406 g/mol. The van der Waals surface area contributed by atoms with E-state index in [9.17, 15) is 9.59 Å². The summed E-state index contributed by atoms with van der Waals surface area (Å²) in [5, 5.41) is 5.99. The molecule has 4 rings (SSSR count). The second-order valence-electron chi connectivity index (χ2n) is 7.49. The standard InChI is InChI=1S/C23H23N3O2S/c1-14-4-9-20(10-15(14)2)26-12-18(11-22(26)27)23(28)25-19-7-5-17(6-8-19)21-13-29-16(3)24-21/h4-10,13,18H,11-12H2,1-3H3,(H,25,28)/t18-/m0/s1. The Labute approximate surface area is 174 Å². The highest BCUT2D eigenvalue weighted by Gasteiger charge is 2.35. The molecule has 0 radical (unpaired) electrons. The topological polar surface area (TPSA) is 62.3 Å². The summed E-state index contributed by atoms with van der Waals surface area (Å²) in [4.78, 5) is 31.4. The van der Waals surface area contributed by atoms with Crippen molar-refractivity contribution in [2.24, 2.45) is 5.92 Å². The molecule has 0 unspecified atom stereocenters. The van der Waals surface area contributed by atoms with E-state index in [4.69, 9.17) is 0 Å². The van der Waals surface area contributed by atoms with Gasteiger partial charge in [0.2, 0.25) is 11.8 Å². The van der Waals surface area contributed by atoms with Crippen LogP contribution in [-0.4, -0.2) is 23.3 Å². The predicted molar refractivity (Wildman–Crippen MR) is 117 cm³/mol. The Morgan fingerprint density at radius 2 is 1.86 bits per heavy atom. The number of thiazole rings is 1. The molecule has 29 heavy (non-hydrogen) atoms. The zero-order valence-corrected chi connectivity index (χ0v) is 17.5. The van der Waals surface area contributed by atoms with Gasteiger partial charge in [-0.05, 0) is 56.2 Å². The van der Waals surface area contributed by atoms with Crippen LogP contribution < -0.4 is 10.2 Å². The number of nitrogens with one attached hydrogen (secondary N) is 1. The molecule has 0 spiro atoms. The number of aromatic nitrogens is 1. The minimum absolute atomic E-state index is 0.0114. The van der Waals surface area contributed by atoms with Crippen molar-refractivity contribution in [3.05, 3.63) is 64.0 Å². The summed E-state index contributed by atoms with van der Waals surface area (Å²) in [5.74, 6) is -0.491. The summed E-state index contributed by atoms with van der Waals surface area (Å²) in [6.07, 6.45) is 0.231. The second kappa shape index (κ2) is 7.79. The Morgan fingerprint density at radius 3 is 2.52 bits per heavy atom. The maximum Gasteiger partial charge on any atom is 0.229 e. The van der Waals surface area contributed by atoms with Crippen molar-refractivity contribution < 1.29 is 9.59 Å². The molecule has 2 amide bonds. The van der Waals surface area contributed by atoms with Crippen molar-refractivity contribution in [3.63, 3.8) is 0 Å². The van der Waals surface area contributed by atoms with E-state index in [1.807, 2.05) is 68.6 Å². The minimum Gasteiger partial charge on any atom is -0.326 e. The maximum absolute atomic E-state index is 12.7. The molecular formula is C23H23N3O2S. The molecule has 1 aliphatic heterocycles. The molecule has 1 aromatic heterocycles. The van der Waals surface area contributed by atoms with Crippen molar-refractivity contribution in [2.75, 3.05) is 16.8 Å². The number of carbonyl (C=O) groups is 2. The van der Waals surface area contributed by atoms with Gasteiger partial charge in [0.25, 0.3) is 0 Å². The first-order valence-electron chi connectivity index (χ1n) is 9.62. The van der Waals surface area contributed by atoms with Gasteiger partial charge in [-0.3, -0.25) is 9.59 Å². The number of nitrogens with zero attached hydrogens (tertiary/aromatic N) is 2. The van der Waals surface area contributed by atoms with Gasteiger partial charge in [0.05, 0.1) is 16.6 Å². The van der Waals surface area contributed by atoms with E-state index in [1.165, 1.54) is 5.56 Å². The molecule has 1 aliphatic rings. The molecule has 2 aromatic carbocycles. The van der Waals surface area contributed by atoms with Gasteiger partial charge in [-0.2, -0.15) is 0 Å². The molecule has 1 fully saturated rings. The lowest BCUT2D eigenvalue weighted by atomic mass is 10.1. The SMILES string of the molecule is Cc1nc(-c2ccc(NC(=O)[C@H]3CC(=O)N(c4ccc(C)c(C)c4)C3)cc2)cs1. The van der Waals surface area contributed by atoms with Gasteiger partial charge in [-0.15, -0.1) is 11.3 Å². The van der Waals surface area contributed by atoms with Crippen LogP contribution in [0.2, 0.25) is 0 Å². The van der Waals surface area contributed by atoms with E-state index in [-0.39, 0.29) is 24.2 Å². The number of carbonyl (C=O) groups excluding carboxylic acids is 2. The van der Waals surface area contributed by atoms with Gasteiger partial charge in [0, 0.05) is 35.3 Å². The van der Waals surface area contributed by atoms with E-state index in [2.05, 4.69) is 10.3 Å². The predicted octanol–water partition coefficient (Wildman–Crippen LogP) is 4.73. The van der Waals surface area contributed by atoms with Crippen LogP contribution in [0, 0.1) is 26.7 Å². The van der Waals surface area contributed by atoms with E-state index in [0.29, 0.717) is 6.54 Å². The van der Waals surface area contributed by atoms with Crippen molar-refractivity contribution in [1.29, 1.82) is 0 Å². The van der Waals surface area contributed by atoms with E-state index in [0.717, 1.165) is 33.2 Å². The third-order valence-electron chi connectivity index (χ3n) is 5.37. The number of amides is 2. The minimum atomic E-state index is -0.357. The number of hydrogen-bond acceptors (Lipinski definition) is 4. The fourth-order valence-electron chi connectivity index (χ4n) is 3.49. The Balaban J connectivity index is 1.42. The summed E-state index contributed by atoms with van der Waals surface area (Å²) in [5.41, 5.74) is 5.86. The molecule has 0 saturated carbocycles. The van der Waals surface area contributed by atoms with Crippen LogP contribution in [-0.2, 0) is 9.59 Å². The number of hydrogen-bond donors (Lipinski definition) is 1. The fourth-order valence-corrected chi connectivity index (χ4v) is 4.11. The monoisotopic (exact) mass is 405 g/mol. The summed E-state index contributed by atoms with van der Waals surface area (Å²) in [6.45, 7) is 6.46. The summed E-state index contributed by atoms with van der Waals surface area (Å²) in [7, 11) is 0. The Morgan fingerprint density at radius 1 is 1.10 bits per heavy atom. The van der Waals surface area contributed by atoms with Crippen LogP contribution in [0.25, 0.3) is 11.3 Å². The molecule has 1 N–H and O–H groups in total. The number of anilines is 2. The van der Waals surface area contributed by atoms with Gasteiger partial charge in [-0.1, -0.05) is 18.2 Å². The van der Waals surface area contributed by atoms with Crippen molar-refractivity contribution in [3.8, 4) is 11.3 Å². The number of aryl methyl sites for hydroxylation is 3. The van der Waals surface area contributed by atoms with Gasteiger partial charge < -0.3 is 10.2 Å². The van der Waals surface area contributed by atoms with Crippen molar-refractivity contribution in [2.45, 2.75) is 27.2 Å². The van der Waals surface area contributed by atoms with Crippen LogP contribution in [0.1, 0.15) is 22.6 Å². The molecule has 5 nitrogen and oxygen atoms in total. The van der Waals surface area contributed by atoms with Gasteiger partial charge in [0.15, 0.2) is 0 Å². The lowest BCUT2D eigenvalue weighted by Crippen LogP contribution is -2.28. The third-order valence-corrected chi connectivity index (χ3v) is 6.14. The summed E-state index contributed by atoms with van der Waals surface area (Å²) < 4.78 is 0. The van der Waals surface area contributed by atoms with Gasteiger partial charge in [0.1, 0.15) is 0 Å². The van der Waals surface area contributed by atoms with Crippen LogP contribution in [0.5, 0.6) is 0 Å². The van der Waals surface area contributed by atoms with Gasteiger partial charge in [-0.25, -0.2) is 4.98 Å². The maximum atomic E-state index is 12.7. The highest BCUT2D eigenvalue weighted by Crippen LogP contribution is 2.28. The highest BCUT2D eigenvalue weighted by molar-refractivity contribution is 7.09. The molecule has 2 heterocycles. The van der Waals surface area contributed by atoms with Crippen LogP contribution in [0.4, 0.5) is 11.4 Å². The van der Waals surface area contributed by atoms with Crippen LogP contribution in [0.15, 0.2) is 47.8 Å². The lowest BCUT2D eigenvalue weighted by molar-refractivity contribution is -0.122. The van der Waals surface area contributed by atoms with Crippen molar-refractivity contribution >= 4 is 34.5 Å². The Hall–Kier alpha value is -2.99. The van der Waals surface area contributed by atoms with E-state index >= 15 is 0 Å². The zero-order valence-electron chi connectivity index (χ0n) is 16.7. The smallest absolute Gasteiger partial charge is 0.229 e. The quantitative estimate of drug-likeness (QED) is 0.683. The molecule has 148 valence electrons. The Kier molecular flexibility index (Phi) is 5.20. The fraction of sp³-hybridized carbons (Fsp3) is 0.261. The van der Waals surface area contributed by atoms with E-state index < -0.39 is 0 Å². The molecule has 1 atom stereocenters. The first-order chi connectivity index (χ1) is 13.9. The third kappa shape index (κ3) is 4.07. The van der Waals surface area contributed by atoms with Crippen molar-refractivity contribution in [1.82, 2.24) is 4.98 Å². The Bertz CT molecular complexity index is 1070. The average Bonchev–Trinajstić information content (AvgIpc) is 3.30. The molecule has 0 bridgehead atoms. The summed E-state index contributed by atoms with van der Waals surface area (Å²) in [6, 6.07) is 13.6. The zero-order chi connectivity index (χ0) is 20.5. The molecule has 1 saturated heterocycles. The normalized spacial score (nSPS) is 16.3. The number of benzene rings is 2. The second-order valence-corrected chi connectivity index (χ2v) is 8.55.